The van der Waals surface area contributed by atoms with Crippen molar-refractivity contribution in [3.05, 3.63) is 16.2 Å². The minimum Gasteiger partial charge on any atom is -0.353 e. The second kappa shape index (κ2) is 5.86. The number of hydrogen-bond donors (Lipinski definition) is 0. The Labute approximate surface area is 129 Å². The van der Waals surface area contributed by atoms with Gasteiger partial charge in [0.25, 0.3) is 0 Å². The van der Waals surface area contributed by atoms with Crippen LogP contribution in [-0.2, 0) is 0 Å². The Bertz CT molecular complexity index is 610. The first-order chi connectivity index (χ1) is 9.69. The van der Waals surface area contributed by atoms with Crippen molar-refractivity contribution in [1.82, 2.24) is 9.97 Å². The van der Waals surface area contributed by atoms with E-state index in [4.69, 9.17) is 11.6 Å². The van der Waals surface area contributed by atoms with Crippen molar-refractivity contribution < 1.29 is 0 Å². The molecular weight excluding hydrogens is 290 g/mol. The molecular formula is C15H20ClN3S. The second-order valence-corrected chi connectivity index (χ2v) is 7.07. The number of rotatable bonds is 2. The zero-order valence-electron chi connectivity index (χ0n) is 12.0. The van der Waals surface area contributed by atoms with Gasteiger partial charge in [0.05, 0.1) is 5.39 Å². The molecule has 0 aromatic carbocycles. The van der Waals surface area contributed by atoms with Crippen molar-refractivity contribution in [2.75, 3.05) is 11.4 Å². The zero-order chi connectivity index (χ0) is 14.1. The SMILES string of the molecule is CCC1CCCCCN1c1nc(Cl)nc2sc(C)cc12. The molecule has 0 N–H and O–H groups in total. The lowest BCUT2D eigenvalue weighted by Crippen LogP contribution is -2.35. The summed E-state index contributed by atoms with van der Waals surface area (Å²) in [6.45, 7) is 5.46. The standard InChI is InChI=1S/C15H20ClN3S/c1-3-11-7-5-4-6-8-19(11)13-12-9-10(2)20-14(12)18-15(16)17-13/h9,11H,3-8H2,1-2H3. The van der Waals surface area contributed by atoms with Gasteiger partial charge in [-0.1, -0.05) is 19.8 Å². The molecule has 0 spiro atoms. The molecule has 20 heavy (non-hydrogen) atoms. The Balaban J connectivity index is 2.10. The van der Waals surface area contributed by atoms with E-state index in [-0.39, 0.29) is 0 Å². The molecule has 108 valence electrons. The molecule has 3 nitrogen and oxygen atoms in total. The molecule has 3 rings (SSSR count). The van der Waals surface area contributed by atoms with Gasteiger partial charge >= 0.3 is 0 Å². The molecule has 0 amide bonds. The summed E-state index contributed by atoms with van der Waals surface area (Å²) in [7, 11) is 0. The Hall–Kier alpha value is -0.870. The van der Waals surface area contributed by atoms with E-state index in [1.54, 1.807) is 11.3 Å². The predicted octanol–water partition coefficient (Wildman–Crippen LogP) is 4.81. The number of hydrogen-bond acceptors (Lipinski definition) is 4. The van der Waals surface area contributed by atoms with Crippen LogP contribution < -0.4 is 4.90 Å². The third-order valence-corrected chi connectivity index (χ3v) is 5.20. The molecule has 1 unspecified atom stereocenters. The van der Waals surface area contributed by atoms with Crippen LogP contribution in [0.2, 0.25) is 5.28 Å². The number of nitrogens with zero attached hydrogens (tertiary/aromatic N) is 3. The topological polar surface area (TPSA) is 29.0 Å². The third-order valence-electron chi connectivity index (χ3n) is 4.09. The molecule has 0 aliphatic carbocycles. The van der Waals surface area contributed by atoms with Crippen LogP contribution in [0.15, 0.2) is 6.07 Å². The van der Waals surface area contributed by atoms with Gasteiger partial charge in [0, 0.05) is 17.5 Å². The summed E-state index contributed by atoms with van der Waals surface area (Å²) < 4.78 is 0. The summed E-state index contributed by atoms with van der Waals surface area (Å²) in [4.78, 5) is 13.7. The summed E-state index contributed by atoms with van der Waals surface area (Å²) in [5.74, 6) is 1.04. The maximum absolute atomic E-state index is 6.14. The van der Waals surface area contributed by atoms with Crippen molar-refractivity contribution in [3.8, 4) is 0 Å². The maximum Gasteiger partial charge on any atom is 0.225 e. The van der Waals surface area contributed by atoms with Gasteiger partial charge in [0.15, 0.2) is 0 Å². The van der Waals surface area contributed by atoms with Gasteiger partial charge in [0.1, 0.15) is 10.6 Å². The minimum absolute atomic E-state index is 0.369. The molecule has 1 aliphatic rings. The van der Waals surface area contributed by atoms with Crippen molar-refractivity contribution in [2.45, 2.75) is 52.0 Å². The summed E-state index contributed by atoms with van der Waals surface area (Å²) >= 11 is 7.84. The fraction of sp³-hybridized carbons (Fsp3) is 0.600. The van der Waals surface area contributed by atoms with Crippen molar-refractivity contribution in [3.63, 3.8) is 0 Å². The highest BCUT2D eigenvalue weighted by atomic mass is 35.5. The van der Waals surface area contributed by atoms with Gasteiger partial charge < -0.3 is 4.90 Å². The summed E-state index contributed by atoms with van der Waals surface area (Å²) in [5, 5.41) is 1.53. The third kappa shape index (κ3) is 2.63. The van der Waals surface area contributed by atoms with E-state index in [1.165, 1.54) is 30.6 Å². The lowest BCUT2D eigenvalue weighted by atomic mass is 10.1. The van der Waals surface area contributed by atoms with Gasteiger partial charge in [-0.2, -0.15) is 4.98 Å². The molecule has 1 fully saturated rings. The van der Waals surface area contributed by atoms with Crippen LogP contribution in [0.1, 0.15) is 43.9 Å². The molecule has 1 aliphatic heterocycles. The Morgan fingerprint density at radius 2 is 2.20 bits per heavy atom. The molecule has 1 saturated heterocycles. The Morgan fingerprint density at radius 3 is 3.00 bits per heavy atom. The lowest BCUT2D eigenvalue weighted by Gasteiger charge is -2.30. The highest BCUT2D eigenvalue weighted by Gasteiger charge is 2.24. The average molecular weight is 310 g/mol. The Kier molecular flexibility index (Phi) is 4.13. The van der Waals surface area contributed by atoms with Crippen molar-refractivity contribution >= 4 is 39.0 Å². The Morgan fingerprint density at radius 1 is 1.35 bits per heavy atom. The number of fused-ring (bicyclic) bond motifs is 1. The lowest BCUT2D eigenvalue weighted by molar-refractivity contribution is 0.553. The summed E-state index contributed by atoms with van der Waals surface area (Å²) in [6.07, 6.45) is 6.29. The van der Waals surface area contributed by atoms with Gasteiger partial charge in [-0.15, -0.1) is 11.3 Å². The van der Waals surface area contributed by atoms with Crippen LogP contribution >= 0.6 is 22.9 Å². The molecule has 0 bridgehead atoms. The quantitative estimate of drug-likeness (QED) is 0.745. The van der Waals surface area contributed by atoms with E-state index in [9.17, 15) is 0 Å². The van der Waals surface area contributed by atoms with Crippen molar-refractivity contribution in [1.29, 1.82) is 0 Å². The fourth-order valence-corrected chi connectivity index (χ4v) is 4.19. The molecule has 1 atom stereocenters. The van der Waals surface area contributed by atoms with Crippen LogP contribution in [0.5, 0.6) is 0 Å². The molecule has 0 radical (unpaired) electrons. The van der Waals surface area contributed by atoms with E-state index < -0.39 is 0 Å². The van der Waals surface area contributed by atoms with Gasteiger partial charge in [-0.3, -0.25) is 0 Å². The van der Waals surface area contributed by atoms with E-state index in [0.29, 0.717) is 11.3 Å². The highest BCUT2D eigenvalue weighted by molar-refractivity contribution is 7.18. The zero-order valence-corrected chi connectivity index (χ0v) is 13.6. The van der Waals surface area contributed by atoms with Crippen LogP contribution in [0.25, 0.3) is 10.2 Å². The van der Waals surface area contributed by atoms with E-state index >= 15 is 0 Å². The van der Waals surface area contributed by atoms with Gasteiger partial charge in [-0.25, -0.2) is 4.98 Å². The first-order valence-corrected chi connectivity index (χ1v) is 8.59. The first-order valence-electron chi connectivity index (χ1n) is 7.39. The van der Waals surface area contributed by atoms with Crippen LogP contribution in [0.3, 0.4) is 0 Å². The normalized spacial score (nSPS) is 20.4. The van der Waals surface area contributed by atoms with Crippen LogP contribution in [0.4, 0.5) is 5.82 Å². The number of thiophene rings is 1. The average Bonchev–Trinajstić information content (AvgIpc) is 2.65. The van der Waals surface area contributed by atoms with Gasteiger partial charge in [-0.05, 0) is 43.9 Å². The monoisotopic (exact) mass is 309 g/mol. The number of aryl methyl sites for hydroxylation is 1. The van der Waals surface area contributed by atoms with E-state index in [1.807, 2.05) is 0 Å². The second-order valence-electron chi connectivity index (χ2n) is 5.50. The highest BCUT2D eigenvalue weighted by Crippen LogP contribution is 2.34. The van der Waals surface area contributed by atoms with E-state index in [0.717, 1.165) is 29.0 Å². The molecule has 2 aromatic heterocycles. The fourth-order valence-electron chi connectivity index (χ4n) is 3.10. The van der Waals surface area contributed by atoms with Crippen LogP contribution in [-0.4, -0.2) is 22.6 Å². The molecule has 0 saturated carbocycles. The number of aromatic nitrogens is 2. The summed E-state index contributed by atoms with van der Waals surface area (Å²) in [6, 6.07) is 2.77. The molecule has 3 heterocycles. The largest absolute Gasteiger partial charge is 0.353 e. The molecule has 2 aromatic rings. The first kappa shape index (κ1) is 14.1. The van der Waals surface area contributed by atoms with Crippen LogP contribution in [0, 0.1) is 6.92 Å². The minimum atomic E-state index is 0.369. The van der Waals surface area contributed by atoms with Crippen molar-refractivity contribution in [2.24, 2.45) is 0 Å². The summed E-state index contributed by atoms with van der Waals surface area (Å²) in [5.41, 5.74) is 0. The predicted molar refractivity (Wildman–Crippen MR) is 87.1 cm³/mol. The number of halogens is 1. The maximum atomic E-state index is 6.14. The number of anilines is 1. The molecule has 5 heteroatoms. The van der Waals surface area contributed by atoms with E-state index in [2.05, 4.69) is 34.8 Å². The van der Waals surface area contributed by atoms with Gasteiger partial charge in [0.2, 0.25) is 5.28 Å². The smallest absolute Gasteiger partial charge is 0.225 e.